The molecule has 2 aromatic rings. The highest BCUT2D eigenvalue weighted by molar-refractivity contribution is 5.81. The first kappa shape index (κ1) is 11.8. The van der Waals surface area contributed by atoms with E-state index in [0.29, 0.717) is 0 Å². The first-order valence-corrected chi connectivity index (χ1v) is 5.29. The van der Waals surface area contributed by atoms with Gasteiger partial charge in [-0.3, -0.25) is 4.98 Å². The van der Waals surface area contributed by atoms with Crippen molar-refractivity contribution in [3.63, 3.8) is 0 Å². The van der Waals surface area contributed by atoms with Gasteiger partial charge in [-0.15, -0.1) is 0 Å². The average molecular weight is 241 g/mol. The molecule has 0 aliphatic carbocycles. The summed E-state index contributed by atoms with van der Waals surface area (Å²) in [5.74, 6) is 0. The second-order valence-corrected chi connectivity index (χ2v) is 3.51. The van der Waals surface area contributed by atoms with Crippen LogP contribution in [0.25, 0.3) is 11.3 Å². The molecule has 1 heterocycles. The number of rotatable bonds is 3. The molecular weight excluding hydrogens is 230 g/mol. The number of hydrogen-bond donors (Lipinski definition) is 2. The second-order valence-electron chi connectivity index (χ2n) is 3.51. The molecule has 0 spiro atoms. The molecule has 0 saturated carbocycles. The number of hydrazone groups is 1. The fraction of sp³-hybridized carbons (Fsp3) is 0. The molecule has 90 valence electrons. The van der Waals surface area contributed by atoms with E-state index in [1.54, 1.807) is 6.20 Å². The molecule has 1 aromatic carbocycles. The van der Waals surface area contributed by atoms with Crippen molar-refractivity contribution in [2.75, 3.05) is 0 Å². The summed E-state index contributed by atoms with van der Waals surface area (Å²) in [5, 5.41) is 11.9. The Morgan fingerprint density at radius 3 is 2.61 bits per heavy atom. The van der Waals surface area contributed by atoms with Crippen molar-refractivity contribution in [2.24, 2.45) is 5.10 Å². The van der Waals surface area contributed by atoms with Crippen LogP contribution in [0.1, 0.15) is 5.56 Å². The van der Waals surface area contributed by atoms with Gasteiger partial charge >= 0.3 is 6.09 Å². The first-order valence-electron chi connectivity index (χ1n) is 5.29. The van der Waals surface area contributed by atoms with Gasteiger partial charge in [-0.1, -0.05) is 30.3 Å². The summed E-state index contributed by atoms with van der Waals surface area (Å²) < 4.78 is 0. The van der Waals surface area contributed by atoms with E-state index in [4.69, 9.17) is 5.11 Å². The molecule has 0 aliphatic rings. The summed E-state index contributed by atoms with van der Waals surface area (Å²) in [4.78, 5) is 14.4. The van der Waals surface area contributed by atoms with Gasteiger partial charge < -0.3 is 5.11 Å². The second kappa shape index (κ2) is 5.58. The summed E-state index contributed by atoms with van der Waals surface area (Å²) in [6, 6.07) is 13.2. The number of carbonyl (C=O) groups is 1. The van der Waals surface area contributed by atoms with E-state index in [-0.39, 0.29) is 0 Å². The first-order chi connectivity index (χ1) is 8.75. The van der Waals surface area contributed by atoms with Gasteiger partial charge in [0.25, 0.3) is 0 Å². The zero-order valence-electron chi connectivity index (χ0n) is 9.45. The summed E-state index contributed by atoms with van der Waals surface area (Å²) in [7, 11) is 0. The minimum absolute atomic E-state index is 0.809. The fourth-order valence-corrected chi connectivity index (χ4v) is 1.44. The highest BCUT2D eigenvalue weighted by Gasteiger charge is 1.97. The van der Waals surface area contributed by atoms with Crippen LogP contribution in [0.4, 0.5) is 4.79 Å². The molecule has 0 fully saturated rings. The van der Waals surface area contributed by atoms with E-state index < -0.39 is 6.09 Å². The zero-order valence-corrected chi connectivity index (χ0v) is 9.45. The van der Waals surface area contributed by atoms with Crippen molar-refractivity contribution in [1.82, 2.24) is 10.4 Å². The molecule has 0 unspecified atom stereocenters. The molecule has 0 saturated heterocycles. The van der Waals surface area contributed by atoms with Crippen molar-refractivity contribution in [2.45, 2.75) is 0 Å². The third-order valence-corrected chi connectivity index (χ3v) is 2.25. The fourth-order valence-electron chi connectivity index (χ4n) is 1.44. The van der Waals surface area contributed by atoms with E-state index >= 15 is 0 Å². The van der Waals surface area contributed by atoms with Crippen LogP contribution in [0.5, 0.6) is 0 Å². The monoisotopic (exact) mass is 241 g/mol. The lowest BCUT2D eigenvalue weighted by Crippen LogP contribution is -2.13. The van der Waals surface area contributed by atoms with Gasteiger partial charge in [0.2, 0.25) is 0 Å². The molecule has 5 heteroatoms. The van der Waals surface area contributed by atoms with Crippen LogP contribution in [0.15, 0.2) is 53.8 Å². The van der Waals surface area contributed by atoms with Gasteiger partial charge in [-0.2, -0.15) is 5.10 Å². The van der Waals surface area contributed by atoms with Gasteiger partial charge in [0.1, 0.15) is 0 Å². The van der Waals surface area contributed by atoms with Crippen LogP contribution in [-0.2, 0) is 0 Å². The van der Waals surface area contributed by atoms with Gasteiger partial charge in [-0.25, -0.2) is 10.2 Å². The minimum Gasteiger partial charge on any atom is -0.464 e. The predicted octanol–water partition coefficient (Wildman–Crippen LogP) is 2.35. The number of hydrogen-bond acceptors (Lipinski definition) is 3. The largest absolute Gasteiger partial charge is 0.464 e. The normalized spacial score (nSPS) is 10.4. The minimum atomic E-state index is -1.18. The lowest BCUT2D eigenvalue weighted by atomic mass is 10.1. The molecule has 18 heavy (non-hydrogen) atoms. The maximum absolute atomic E-state index is 10.2. The van der Waals surface area contributed by atoms with Crippen molar-refractivity contribution in [1.29, 1.82) is 0 Å². The summed E-state index contributed by atoms with van der Waals surface area (Å²) in [5.41, 5.74) is 4.61. The van der Waals surface area contributed by atoms with Gasteiger partial charge in [0.15, 0.2) is 0 Å². The number of aromatic nitrogens is 1. The summed E-state index contributed by atoms with van der Waals surface area (Å²) >= 11 is 0. The highest BCUT2D eigenvalue weighted by Crippen LogP contribution is 2.15. The quantitative estimate of drug-likeness (QED) is 0.639. The standard InChI is InChI=1S/C13H11N3O2/c17-13(18)16-15-9-10-4-6-11(7-5-10)12-3-1-2-8-14-12/h1-9,16H,(H,17,18). The molecule has 0 bridgehead atoms. The maximum atomic E-state index is 10.2. The SMILES string of the molecule is O=C(O)NN=Cc1ccc(-c2ccccn2)cc1. The van der Waals surface area contributed by atoms with Crippen LogP contribution < -0.4 is 5.43 Å². The van der Waals surface area contributed by atoms with Gasteiger partial charge in [0.05, 0.1) is 11.9 Å². The van der Waals surface area contributed by atoms with E-state index in [9.17, 15) is 4.79 Å². The number of carboxylic acid groups (broad SMARTS) is 1. The van der Waals surface area contributed by atoms with Gasteiger partial charge in [-0.05, 0) is 17.7 Å². The number of pyridine rings is 1. The predicted molar refractivity (Wildman–Crippen MR) is 68.4 cm³/mol. The lowest BCUT2D eigenvalue weighted by molar-refractivity contribution is 0.195. The van der Waals surface area contributed by atoms with Crippen LogP contribution >= 0.6 is 0 Å². The zero-order chi connectivity index (χ0) is 12.8. The van der Waals surface area contributed by atoms with Crippen molar-refractivity contribution in [3.8, 4) is 11.3 Å². The molecule has 2 N–H and O–H groups in total. The van der Waals surface area contributed by atoms with Crippen molar-refractivity contribution >= 4 is 12.3 Å². The summed E-state index contributed by atoms with van der Waals surface area (Å²) in [6.45, 7) is 0. The molecule has 0 aliphatic heterocycles. The molecule has 0 radical (unpaired) electrons. The Bertz CT molecular complexity index is 550. The van der Waals surface area contributed by atoms with E-state index in [0.717, 1.165) is 16.8 Å². The van der Waals surface area contributed by atoms with E-state index in [1.165, 1.54) is 6.21 Å². The van der Waals surface area contributed by atoms with Crippen molar-refractivity contribution in [3.05, 3.63) is 54.2 Å². The molecule has 0 atom stereocenters. The average Bonchev–Trinajstić information content (AvgIpc) is 2.40. The third kappa shape index (κ3) is 3.15. The number of nitrogens with zero attached hydrogens (tertiary/aromatic N) is 2. The van der Waals surface area contributed by atoms with E-state index in [1.807, 2.05) is 47.9 Å². The van der Waals surface area contributed by atoms with Crippen LogP contribution in [-0.4, -0.2) is 22.4 Å². The highest BCUT2D eigenvalue weighted by atomic mass is 16.4. The molecule has 1 amide bonds. The Labute approximate surface area is 104 Å². The number of amides is 1. The number of benzene rings is 1. The van der Waals surface area contributed by atoms with Gasteiger partial charge in [0, 0.05) is 11.8 Å². The Kier molecular flexibility index (Phi) is 3.66. The Hall–Kier alpha value is -2.69. The summed E-state index contributed by atoms with van der Waals surface area (Å²) in [6.07, 6.45) is 1.99. The molecule has 2 rings (SSSR count). The van der Waals surface area contributed by atoms with Crippen molar-refractivity contribution < 1.29 is 9.90 Å². The number of nitrogens with one attached hydrogen (secondary N) is 1. The maximum Gasteiger partial charge on any atom is 0.425 e. The Morgan fingerprint density at radius 2 is 2.00 bits per heavy atom. The van der Waals surface area contributed by atoms with Crippen LogP contribution in [0.2, 0.25) is 0 Å². The molecule has 5 nitrogen and oxygen atoms in total. The van der Waals surface area contributed by atoms with Crippen LogP contribution in [0, 0.1) is 0 Å². The molecule has 1 aromatic heterocycles. The Balaban J connectivity index is 2.11. The van der Waals surface area contributed by atoms with E-state index in [2.05, 4.69) is 10.1 Å². The molecular formula is C13H11N3O2. The smallest absolute Gasteiger partial charge is 0.425 e. The van der Waals surface area contributed by atoms with Crippen LogP contribution in [0.3, 0.4) is 0 Å². The Morgan fingerprint density at radius 1 is 1.22 bits per heavy atom. The lowest BCUT2D eigenvalue weighted by Gasteiger charge is -2.00. The third-order valence-electron chi connectivity index (χ3n) is 2.25. The topological polar surface area (TPSA) is 74.6 Å².